The van der Waals surface area contributed by atoms with Gasteiger partial charge in [-0.1, -0.05) is 72.0 Å². The summed E-state index contributed by atoms with van der Waals surface area (Å²) in [7, 11) is 6.51. The quantitative estimate of drug-likeness (QED) is 0.332. The van der Waals surface area contributed by atoms with Crippen LogP contribution < -0.4 is 0 Å². The third kappa shape index (κ3) is 10.6. The highest BCUT2D eigenvalue weighted by Gasteiger charge is 2.29. The van der Waals surface area contributed by atoms with Crippen molar-refractivity contribution in [3.63, 3.8) is 0 Å². The van der Waals surface area contributed by atoms with E-state index in [1.54, 1.807) is 42.0 Å². The topological polar surface area (TPSA) is 166 Å². The first-order chi connectivity index (χ1) is 19.2. The van der Waals surface area contributed by atoms with Crippen LogP contribution in [0.4, 0.5) is 9.59 Å². The summed E-state index contributed by atoms with van der Waals surface area (Å²) in [6.45, 7) is 15.6. The zero-order valence-electron chi connectivity index (χ0n) is 26.6. The van der Waals surface area contributed by atoms with Gasteiger partial charge in [-0.25, -0.2) is 19.6 Å². The molecule has 2 aromatic heterocycles. The molecule has 14 nitrogen and oxygen atoms in total. The number of carbonyl (C=O) groups is 4. The minimum atomic E-state index is -0.924. The Balaban J connectivity index is 0.000000420. The minimum Gasteiger partial charge on any atom is -0.480 e. The second kappa shape index (κ2) is 15.4. The Morgan fingerprint density at radius 3 is 1.62 bits per heavy atom. The second-order valence-electron chi connectivity index (χ2n) is 11.6. The highest BCUT2D eigenvalue weighted by Crippen LogP contribution is 2.28. The van der Waals surface area contributed by atoms with E-state index in [-0.39, 0.29) is 34.6 Å². The lowest BCUT2D eigenvalue weighted by Gasteiger charge is -2.13. The molecule has 0 saturated carbocycles. The van der Waals surface area contributed by atoms with Crippen LogP contribution in [0.2, 0.25) is 0 Å². The van der Waals surface area contributed by atoms with Crippen LogP contribution in [0.5, 0.6) is 0 Å². The van der Waals surface area contributed by atoms with Crippen LogP contribution in [-0.2, 0) is 25.2 Å². The Morgan fingerprint density at radius 2 is 1.26 bits per heavy atom. The standard InChI is InChI=1S/2C13H22N4O3S/c1-7-20-9(18)8-21-11-14-10(13(2,3)4)15-17(11)12(19)16(5)6;1-7-8(9(18)19)21-11-14-10(13(2,3)4)15-17(11)12(20)16(5)6/h7-8H2,1-6H3;8H,7H2,1-6H3,(H,18,19). The van der Waals surface area contributed by atoms with E-state index in [2.05, 4.69) is 20.2 Å². The Morgan fingerprint density at radius 1 is 0.833 bits per heavy atom. The van der Waals surface area contributed by atoms with Crippen molar-refractivity contribution < 1.29 is 29.0 Å². The number of esters is 1. The number of hydrogen-bond acceptors (Lipinski definition) is 11. The molecule has 1 N–H and O–H groups in total. The number of amides is 2. The monoisotopic (exact) mass is 628 g/mol. The summed E-state index contributed by atoms with van der Waals surface area (Å²) in [5.74, 6) is -0.0978. The van der Waals surface area contributed by atoms with Crippen molar-refractivity contribution in [2.75, 3.05) is 40.6 Å². The molecule has 16 heteroatoms. The van der Waals surface area contributed by atoms with Gasteiger partial charge in [0.2, 0.25) is 0 Å². The number of hydrogen-bond donors (Lipinski definition) is 1. The van der Waals surface area contributed by atoms with Gasteiger partial charge >= 0.3 is 24.0 Å². The van der Waals surface area contributed by atoms with Crippen LogP contribution in [0.1, 0.15) is 73.5 Å². The number of ether oxygens (including phenoxy) is 1. The van der Waals surface area contributed by atoms with Gasteiger partial charge in [-0.05, 0) is 13.3 Å². The molecule has 42 heavy (non-hydrogen) atoms. The van der Waals surface area contributed by atoms with Crippen molar-refractivity contribution >= 4 is 47.5 Å². The van der Waals surface area contributed by atoms with Crippen LogP contribution >= 0.6 is 23.5 Å². The number of carboxylic acids is 1. The molecule has 1 atom stereocenters. The Bertz CT molecular complexity index is 1240. The summed E-state index contributed by atoms with van der Waals surface area (Å²) in [6.07, 6.45) is 0.438. The Labute approximate surface area is 255 Å². The summed E-state index contributed by atoms with van der Waals surface area (Å²) in [4.78, 5) is 58.5. The number of thioether (sulfide) groups is 2. The minimum absolute atomic E-state index is 0.0941. The normalized spacial score (nSPS) is 12.2. The van der Waals surface area contributed by atoms with Crippen molar-refractivity contribution in [2.24, 2.45) is 0 Å². The fraction of sp³-hybridized carbons (Fsp3) is 0.692. The number of aromatic nitrogens is 6. The molecule has 2 aromatic rings. The molecule has 0 aromatic carbocycles. The zero-order chi connectivity index (χ0) is 32.6. The molecule has 0 aliphatic carbocycles. The molecule has 236 valence electrons. The van der Waals surface area contributed by atoms with E-state index < -0.39 is 11.2 Å². The van der Waals surface area contributed by atoms with Crippen LogP contribution in [0, 0.1) is 0 Å². The first-order valence-electron chi connectivity index (χ1n) is 13.3. The maximum Gasteiger partial charge on any atom is 0.346 e. The van der Waals surface area contributed by atoms with E-state index in [0.717, 1.165) is 23.5 Å². The highest BCUT2D eigenvalue weighted by molar-refractivity contribution is 8.00. The van der Waals surface area contributed by atoms with Crippen molar-refractivity contribution in [3.8, 4) is 0 Å². The molecule has 2 rings (SSSR count). The molecule has 1 unspecified atom stereocenters. The Hall–Kier alpha value is -3.14. The number of nitrogens with zero attached hydrogens (tertiary/aromatic N) is 8. The maximum atomic E-state index is 12.2. The van der Waals surface area contributed by atoms with Crippen LogP contribution in [-0.4, -0.2) is 114 Å². The average Bonchev–Trinajstić information content (AvgIpc) is 3.50. The van der Waals surface area contributed by atoms with Crippen LogP contribution in [0.25, 0.3) is 0 Å². The van der Waals surface area contributed by atoms with Crippen molar-refractivity contribution in [1.29, 1.82) is 0 Å². The van der Waals surface area contributed by atoms with Crippen molar-refractivity contribution in [2.45, 2.75) is 88.2 Å². The molecule has 0 aliphatic heterocycles. The van der Waals surface area contributed by atoms with E-state index in [1.165, 1.54) is 19.2 Å². The van der Waals surface area contributed by atoms with E-state index in [1.807, 2.05) is 41.5 Å². The van der Waals surface area contributed by atoms with Gasteiger partial charge in [0.05, 0.1) is 12.4 Å². The lowest BCUT2D eigenvalue weighted by atomic mass is 9.96. The molecule has 0 aliphatic rings. The summed E-state index contributed by atoms with van der Waals surface area (Å²) >= 11 is 2.19. The second-order valence-corrected chi connectivity index (χ2v) is 13.7. The van der Waals surface area contributed by atoms with Gasteiger partial charge in [-0.2, -0.15) is 9.36 Å². The largest absolute Gasteiger partial charge is 0.480 e. The third-order valence-corrected chi connectivity index (χ3v) is 7.34. The maximum absolute atomic E-state index is 12.2. The fourth-order valence-electron chi connectivity index (χ4n) is 2.79. The molecular weight excluding hydrogens is 584 g/mol. The molecule has 0 fully saturated rings. The van der Waals surface area contributed by atoms with Gasteiger partial charge in [0.15, 0.2) is 22.0 Å². The van der Waals surface area contributed by atoms with E-state index >= 15 is 0 Å². The predicted octanol–water partition coefficient (Wildman–Crippen LogP) is 3.82. The van der Waals surface area contributed by atoms with Gasteiger partial charge in [-0.3, -0.25) is 9.59 Å². The first kappa shape index (κ1) is 36.9. The molecular formula is C26H44N8O6S2. The zero-order valence-corrected chi connectivity index (χ0v) is 28.2. The number of rotatable bonds is 8. The Kier molecular flexibility index (Phi) is 13.5. The summed E-state index contributed by atoms with van der Waals surface area (Å²) in [6, 6.07) is -0.648. The summed E-state index contributed by atoms with van der Waals surface area (Å²) in [5.41, 5.74) is -0.602. The lowest BCUT2D eigenvalue weighted by molar-refractivity contribution is -0.140. The van der Waals surface area contributed by atoms with Gasteiger partial charge in [-0.15, -0.1) is 10.2 Å². The summed E-state index contributed by atoms with van der Waals surface area (Å²) < 4.78 is 7.28. The number of carboxylic acid groups (broad SMARTS) is 1. The summed E-state index contributed by atoms with van der Waals surface area (Å²) in [5, 5.41) is 17.7. The van der Waals surface area contributed by atoms with Gasteiger partial charge < -0.3 is 19.6 Å². The van der Waals surface area contributed by atoms with Crippen LogP contribution in [0.15, 0.2) is 10.3 Å². The molecule has 2 heterocycles. The number of aliphatic carboxylic acids is 1. The highest BCUT2D eigenvalue weighted by atomic mass is 32.2. The average molecular weight is 629 g/mol. The van der Waals surface area contributed by atoms with Crippen molar-refractivity contribution in [1.82, 2.24) is 39.3 Å². The predicted molar refractivity (Wildman–Crippen MR) is 161 cm³/mol. The van der Waals surface area contributed by atoms with Crippen molar-refractivity contribution in [3.05, 3.63) is 11.6 Å². The molecule has 0 bridgehead atoms. The molecule has 0 saturated heterocycles. The van der Waals surface area contributed by atoms with E-state index in [0.29, 0.717) is 35.0 Å². The number of carbonyl (C=O) groups excluding carboxylic acids is 3. The fourth-order valence-corrected chi connectivity index (χ4v) is 4.39. The lowest BCUT2D eigenvalue weighted by Crippen LogP contribution is -2.29. The molecule has 2 amide bonds. The smallest absolute Gasteiger partial charge is 0.346 e. The first-order valence-corrected chi connectivity index (χ1v) is 15.2. The van der Waals surface area contributed by atoms with E-state index in [4.69, 9.17) is 9.84 Å². The van der Waals surface area contributed by atoms with Gasteiger partial charge in [0, 0.05) is 39.0 Å². The molecule has 0 radical (unpaired) electrons. The third-order valence-electron chi connectivity index (χ3n) is 5.14. The van der Waals surface area contributed by atoms with Gasteiger partial charge in [0.25, 0.3) is 0 Å². The van der Waals surface area contributed by atoms with Gasteiger partial charge in [0.1, 0.15) is 5.25 Å². The SMILES string of the molecule is CCC(Sc1nc(C(C)(C)C)nn1C(=O)N(C)C)C(=O)O.CCOC(=O)CSc1nc(C(C)(C)C)nn1C(=O)N(C)C. The van der Waals surface area contributed by atoms with Crippen LogP contribution in [0.3, 0.4) is 0 Å². The molecule has 0 spiro atoms. The van der Waals surface area contributed by atoms with E-state index in [9.17, 15) is 19.2 Å².